The molecule has 102 valence electrons. The SMILES string of the molecule is CN(C)C1CCN(Cc2nc3ccc(N)cc3[nH]2)C1. The Morgan fingerprint density at radius 3 is 3.05 bits per heavy atom. The Balaban J connectivity index is 1.72. The first kappa shape index (κ1) is 12.4. The van der Waals surface area contributed by atoms with Crippen LogP contribution in [0.15, 0.2) is 18.2 Å². The molecule has 19 heavy (non-hydrogen) atoms. The van der Waals surface area contributed by atoms with Crippen LogP contribution in [0.3, 0.4) is 0 Å². The zero-order valence-electron chi connectivity index (χ0n) is 11.6. The third-order valence-electron chi connectivity index (χ3n) is 3.91. The van der Waals surface area contributed by atoms with E-state index in [1.54, 1.807) is 0 Å². The molecule has 0 saturated carbocycles. The van der Waals surface area contributed by atoms with Crippen molar-refractivity contribution in [2.45, 2.75) is 19.0 Å². The van der Waals surface area contributed by atoms with Gasteiger partial charge in [-0.2, -0.15) is 0 Å². The number of aromatic amines is 1. The van der Waals surface area contributed by atoms with Gasteiger partial charge in [0.05, 0.1) is 17.6 Å². The summed E-state index contributed by atoms with van der Waals surface area (Å²) in [5, 5.41) is 0. The Bertz CT molecular complexity index is 574. The van der Waals surface area contributed by atoms with E-state index in [9.17, 15) is 0 Å². The van der Waals surface area contributed by atoms with Crippen molar-refractivity contribution in [2.24, 2.45) is 0 Å². The minimum absolute atomic E-state index is 0.667. The molecule has 2 heterocycles. The molecule has 1 aliphatic rings. The molecule has 0 aliphatic carbocycles. The summed E-state index contributed by atoms with van der Waals surface area (Å²) in [6, 6.07) is 6.47. The summed E-state index contributed by atoms with van der Waals surface area (Å²) in [5.74, 6) is 1.03. The molecule has 1 saturated heterocycles. The van der Waals surface area contributed by atoms with Gasteiger partial charge >= 0.3 is 0 Å². The highest BCUT2D eigenvalue weighted by atomic mass is 15.2. The predicted molar refractivity (Wildman–Crippen MR) is 77.9 cm³/mol. The van der Waals surface area contributed by atoms with E-state index in [0.717, 1.165) is 42.2 Å². The molecule has 5 heteroatoms. The fourth-order valence-electron chi connectivity index (χ4n) is 2.74. The number of likely N-dealkylation sites (tertiary alicyclic amines) is 1. The van der Waals surface area contributed by atoms with Crippen LogP contribution in [0.1, 0.15) is 12.2 Å². The van der Waals surface area contributed by atoms with Gasteiger partial charge in [-0.3, -0.25) is 4.90 Å². The lowest BCUT2D eigenvalue weighted by Gasteiger charge is -2.19. The van der Waals surface area contributed by atoms with Gasteiger partial charge in [-0.25, -0.2) is 4.98 Å². The van der Waals surface area contributed by atoms with Crippen LogP contribution in [0, 0.1) is 0 Å². The molecule has 1 aromatic heterocycles. The Kier molecular flexibility index (Phi) is 3.16. The van der Waals surface area contributed by atoms with Crippen molar-refractivity contribution in [3.05, 3.63) is 24.0 Å². The number of nitrogen functional groups attached to an aromatic ring is 1. The van der Waals surface area contributed by atoms with E-state index in [1.165, 1.54) is 6.42 Å². The highest BCUT2D eigenvalue weighted by Gasteiger charge is 2.24. The summed E-state index contributed by atoms with van der Waals surface area (Å²) in [5.41, 5.74) is 8.58. The Labute approximate surface area is 113 Å². The first-order chi connectivity index (χ1) is 9.11. The standard InChI is InChI=1S/C14H21N5/c1-18(2)11-5-6-19(8-11)9-14-16-12-4-3-10(15)7-13(12)17-14/h3-4,7,11H,5-6,8-9,15H2,1-2H3,(H,16,17). The number of benzene rings is 1. The Morgan fingerprint density at radius 1 is 1.47 bits per heavy atom. The molecule has 2 aromatic rings. The van der Waals surface area contributed by atoms with E-state index in [1.807, 2.05) is 18.2 Å². The van der Waals surface area contributed by atoms with Crippen LogP contribution in [0.5, 0.6) is 0 Å². The molecular weight excluding hydrogens is 238 g/mol. The lowest BCUT2D eigenvalue weighted by molar-refractivity contribution is 0.262. The van der Waals surface area contributed by atoms with E-state index in [-0.39, 0.29) is 0 Å². The van der Waals surface area contributed by atoms with Gasteiger partial charge in [-0.1, -0.05) is 0 Å². The van der Waals surface area contributed by atoms with Crippen molar-refractivity contribution in [3.8, 4) is 0 Å². The molecule has 1 aliphatic heterocycles. The van der Waals surface area contributed by atoms with Crippen LogP contribution < -0.4 is 5.73 Å². The van der Waals surface area contributed by atoms with Crippen molar-refractivity contribution >= 4 is 16.7 Å². The van der Waals surface area contributed by atoms with Gasteiger partial charge in [-0.15, -0.1) is 0 Å². The third-order valence-corrected chi connectivity index (χ3v) is 3.91. The first-order valence-electron chi connectivity index (χ1n) is 6.75. The monoisotopic (exact) mass is 259 g/mol. The number of anilines is 1. The van der Waals surface area contributed by atoms with Crippen molar-refractivity contribution in [1.29, 1.82) is 0 Å². The van der Waals surface area contributed by atoms with Crippen LogP contribution in [0.4, 0.5) is 5.69 Å². The molecule has 0 bridgehead atoms. The van der Waals surface area contributed by atoms with Crippen LogP contribution >= 0.6 is 0 Å². The van der Waals surface area contributed by atoms with Crippen LogP contribution in [0.2, 0.25) is 0 Å². The summed E-state index contributed by atoms with van der Waals surface area (Å²) in [6.07, 6.45) is 1.24. The summed E-state index contributed by atoms with van der Waals surface area (Å²) < 4.78 is 0. The summed E-state index contributed by atoms with van der Waals surface area (Å²) >= 11 is 0. The van der Waals surface area contributed by atoms with E-state index in [2.05, 4.69) is 33.9 Å². The number of rotatable bonds is 3. The minimum Gasteiger partial charge on any atom is -0.399 e. The van der Waals surface area contributed by atoms with E-state index < -0.39 is 0 Å². The molecule has 3 N–H and O–H groups in total. The van der Waals surface area contributed by atoms with E-state index >= 15 is 0 Å². The van der Waals surface area contributed by atoms with Gasteiger partial charge < -0.3 is 15.6 Å². The number of hydrogen-bond donors (Lipinski definition) is 2. The van der Waals surface area contributed by atoms with Gasteiger partial charge in [0, 0.05) is 24.8 Å². The number of imidazole rings is 1. The van der Waals surface area contributed by atoms with Gasteiger partial charge in [0.1, 0.15) is 5.82 Å². The quantitative estimate of drug-likeness (QED) is 0.815. The largest absolute Gasteiger partial charge is 0.399 e. The smallest absolute Gasteiger partial charge is 0.121 e. The molecule has 0 radical (unpaired) electrons. The van der Waals surface area contributed by atoms with Crippen LogP contribution in [-0.4, -0.2) is 53.0 Å². The number of likely N-dealkylation sites (N-methyl/N-ethyl adjacent to an activating group) is 1. The summed E-state index contributed by atoms with van der Waals surface area (Å²) in [7, 11) is 4.30. The van der Waals surface area contributed by atoms with Crippen LogP contribution in [0.25, 0.3) is 11.0 Å². The molecule has 3 rings (SSSR count). The molecule has 5 nitrogen and oxygen atoms in total. The molecule has 1 aromatic carbocycles. The second-order valence-corrected chi connectivity index (χ2v) is 5.60. The highest BCUT2D eigenvalue weighted by Crippen LogP contribution is 2.18. The number of H-pyrrole nitrogens is 1. The molecule has 1 atom stereocenters. The number of hydrogen-bond acceptors (Lipinski definition) is 4. The normalized spacial score (nSPS) is 20.7. The maximum absolute atomic E-state index is 5.78. The van der Waals surface area contributed by atoms with Crippen molar-refractivity contribution in [1.82, 2.24) is 19.8 Å². The zero-order valence-corrected chi connectivity index (χ0v) is 11.6. The average Bonchev–Trinajstić information content (AvgIpc) is 2.95. The number of nitrogens with two attached hydrogens (primary N) is 1. The predicted octanol–water partition coefficient (Wildman–Crippen LogP) is 1.28. The number of fused-ring (bicyclic) bond motifs is 1. The second kappa shape index (κ2) is 4.83. The van der Waals surface area contributed by atoms with Gasteiger partial charge in [0.15, 0.2) is 0 Å². The van der Waals surface area contributed by atoms with Crippen LogP contribution in [-0.2, 0) is 6.54 Å². The summed E-state index contributed by atoms with van der Waals surface area (Å²) in [4.78, 5) is 12.7. The zero-order chi connectivity index (χ0) is 13.4. The van der Waals surface area contributed by atoms with Gasteiger partial charge in [0.2, 0.25) is 0 Å². The van der Waals surface area contributed by atoms with Crippen molar-refractivity contribution < 1.29 is 0 Å². The molecular formula is C14H21N5. The third kappa shape index (κ3) is 2.57. The summed E-state index contributed by atoms with van der Waals surface area (Å²) in [6.45, 7) is 3.15. The highest BCUT2D eigenvalue weighted by molar-refractivity contribution is 5.78. The van der Waals surface area contributed by atoms with E-state index in [4.69, 9.17) is 5.73 Å². The van der Waals surface area contributed by atoms with Gasteiger partial charge in [-0.05, 0) is 38.7 Å². The first-order valence-corrected chi connectivity index (χ1v) is 6.75. The molecule has 1 unspecified atom stereocenters. The minimum atomic E-state index is 0.667. The lowest BCUT2D eigenvalue weighted by Crippen LogP contribution is -2.31. The number of nitrogens with zero attached hydrogens (tertiary/aromatic N) is 3. The Hall–Kier alpha value is -1.59. The average molecular weight is 259 g/mol. The maximum Gasteiger partial charge on any atom is 0.121 e. The lowest BCUT2D eigenvalue weighted by atomic mass is 10.2. The van der Waals surface area contributed by atoms with Crippen molar-refractivity contribution in [3.63, 3.8) is 0 Å². The number of aromatic nitrogens is 2. The van der Waals surface area contributed by atoms with Gasteiger partial charge in [0.25, 0.3) is 0 Å². The van der Waals surface area contributed by atoms with Crippen molar-refractivity contribution in [2.75, 3.05) is 32.9 Å². The molecule has 0 amide bonds. The number of nitrogens with one attached hydrogen (secondary N) is 1. The molecule has 0 spiro atoms. The second-order valence-electron chi connectivity index (χ2n) is 5.60. The fourth-order valence-corrected chi connectivity index (χ4v) is 2.74. The topological polar surface area (TPSA) is 61.2 Å². The fraction of sp³-hybridized carbons (Fsp3) is 0.500. The van der Waals surface area contributed by atoms with E-state index in [0.29, 0.717) is 6.04 Å². The molecule has 1 fully saturated rings. The maximum atomic E-state index is 5.78. The Morgan fingerprint density at radius 2 is 2.32 bits per heavy atom.